The number of benzene rings is 1. The molecule has 4 heteroatoms. The molecule has 72 valence electrons. The van der Waals surface area contributed by atoms with Gasteiger partial charge in [-0.1, -0.05) is 22.0 Å². The summed E-state index contributed by atoms with van der Waals surface area (Å²) in [6.07, 6.45) is -0.149. The van der Waals surface area contributed by atoms with Gasteiger partial charge in [-0.25, -0.2) is 4.39 Å². The molecule has 0 aromatic heterocycles. The summed E-state index contributed by atoms with van der Waals surface area (Å²) in [6.45, 7) is 0.408. The number of nitrogens with two attached hydrogens (primary N) is 1. The molecule has 1 atom stereocenters. The fraction of sp³-hybridized carbons (Fsp3) is 0.333. The van der Waals surface area contributed by atoms with E-state index in [1.807, 2.05) is 0 Å². The predicted molar refractivity (Wildman–Crippen MR) is 52.7 cm³/mol. The van der Waals surface area contributed by atoms with Crippen molar-refractivity contribution in [3.8, 4) is 0 Å². The zero-order valence-electron chi connectivity index (χ0n) is 7.00. The molecule has 0 unspecified atom stereocenters. The first-order valence-corrected chi connectivity index (χ1v) is 4.77. The first-order chi connectivity index (χ1) is 6.15. The average Bonchev–Trinajstić information content (AvgIpc) is 2.04. The SMILES string of the molecule is NCC[C@H](O)c1ccc(F)cc1Br. The van der Waals surface area contributed by atoms with Gasteiger partial charge in [0.2, 0.25) is 0 Å². The summed E-state index contributed by atoms with van der Waals surface area (Å²) in [5.74, 6) is -0.324. The van der Waals surface area contributed by atoms with Crippen LogP contribution in [-0.4, -0.2) is 11.7 Å². The number of rotatable bonds is 3. The van der Waals surface area contributed by atoms with Crippen molar-refractivity contribution in [1.82, 2.24) is 0 Å². The third-order valence-electron chi connectivity index (χ3n) is 1.76. The second-order valence-electron chi connectivity index (χ2n) is 2.76. The van der Waals surface area contributed by atoms with Crippen molar-refractivity contribution in [1.29, 1.82) is 0 Å². The van der Waals surface area contributed by atoms with Crippen LogP contribution < -0.4 is 5.73 Å². The van der Waals surface area contributed by atoms with Gasteiger partial charge >= 0.3 is 0 Å². The Morgan fingerprint density at radius 3 is 2.77 bits per heavy atom. The zero-order chi connectivity index (χ0) is 9.84. The van der Waals surface area contributed by atoms with E-state index in [0.29, 0.717) is 23.0 Å². The van der Waals surface area contributed by atoms with E-state index in [1.54, 1.807) is 6.07 Å². The normalized spacial score (nSPS) is 12.9. The third-order valence-corrected chi connectivity index (χ3v) is 2.45. The van der Waals surface area contributed by atoms with Gasteiger partial charge in [-0.15, -0.1) is 0 Å². The molecular formula is C9H11BrFNO. The molecule has 0 spiro atoms. The third kappa shape index (κ3) is 2.76. The van der Waals surface area contributed by atoms with Gasteiger partial charge in [0.1, 0.15) is 5.82 Å². The lowest BCUT2D eigenvalue weighted by Crippen LogP contribution is -2.07. The molecule has 0 fully saturated rings. The van der Waals surface area contributed by atoms with E-state index in [1.165, 1.54) is 12.1 Å². The molecule has 13 heavy (non-hydrogen) atoms. The topological polar surface area (TPSA) is 46.2 Å². The van der Waals surface area contributed by atoms with Crippen molar-refractivity contribution < 1.29 is 9.50 Å². The molecule has 2 nitrogen and oxygen atoms in total. The molecule has 3 N–H and O–H groups in total. The summed E-state index contributed by atoms with van der Waals surface area (Å²) >= 11 is 3.18. The largest absolute Gasteiger partial charge is 0.388 e. The van der Waals surface area contributed by atoms with Gasteiger partial charge in [0.15, 0.2) is 0 Å². The molecule has 1 rings (SSSR count). The van der Waals surface area contributed by atoms with Crippen LogP contribution in [0, 0.1) is 5.82 Å². The average molecular weight is 248 g/mol. The summed E-state index contributed by atoms with van der Waals surface area (Å²) in [5.41, 5.74) is 5.97. The Labute approximate surface area is 84.7 Å². The van der Waals surface area contributed by atoms with Crippen LogP contribution in [0.2, 0.25) is 0 Å². The summed E-state index contributed by atoms with van der Waals surface area (Å²) in [7, 11) is 0. The number of hydrogen-bond donors (Lipinski definition) is 2. The van der Waals surface area contributed by atoms with E-state index in [2.05, 4.69) is 15.9 Å². The zero-order valence-corrected chi connectivity index (χ0v) is 8.59. The lowest BCUT2D eigenvalue weighted by atomic mass is 10.1. The maximum Gasteiger partial charge on any atom is 0.124 e. The van der Waals surface area contributed by atoms with Crippen LogP contribution in [0.3, 0.4) is 0 Å². The molecule has 1 aromatic carbocycles. The minimum absolute atomic E-state index is 0.324. The van der Waals surface area contributed by atoms with Crippen molar-refractivity contribution in [3.63, 3.8) is 0 Å². The molecule has 0 amide bonds. The summed E-state index contributed by atoms with van der Waals surface area (Å²) in [6, 6.07) is 4.20. The second-order valence-corrected chi connectivity index (χ2v) is 3.61. The highest BCUT2D eigenvalue weighted by Gasteiger charge is 2.10. The lowest BCUT2D eigenvalue weighted by molar-refractivity contribution is 0.169. The first kappa shape index (κ1) is 10.6. The Balaban J connectivity index is 2.88. The van der Waals surface area contributed by atoms with E-state index >= 15 is 0 Å². The van der Waals surface area contributed by atoms with Crippen molar-refractivity contribution >= 4 is 15.9 Å². The van der Waals surface area contributed by atoms with Crippen molar-refractivity contribution in [2.45, 2.75) is 12.5 Å². The van der Waals surface area contributed by atoms with Crippen LogP contribution in [0.25, 0.3) is 0 Å². The summed E-state index contributed by atoms with van der Waals surface area (Å²) in [4.78, 5) is 0. The molecule has 0 bridgehead atoms. The number of halogens is 2. The van der Waals surface area contributed by atoms with Crippen molar-refractivity contribution in [2.24, 2.45) is 5.73 Å². The van der Waals surface area contributed by atoms with E-state index in [-0.39, 0.29) is 5.82 Å². The van der Waals surface area contributed by atoms with Crippen LogP contribution in [-0.2, 0) is 0 Å². The molecule has 0 heterocycles. The molecule has 0 saturated heterocycles. The summed E-state index contributed by atoms with van der Waals surface area (Å²) in [5, 5.41) is 9.56. The van der Waals surface area contributed by atoms with Gasteiger partial charge in [-0.3, -0.25) is 0 Å². The highest BCUT2D eigenvalue weighted by atomic mass is 79.9. The molecule has 1 aromatic rings. The molecule has 0 saturated carbocycles. The van der Waals surface area contributed by atoms with Crippen LogP contribution in [0.4, 0.5) is 4.39 Å². The number of aliphatic hydroxyl groups excluding tert-OH is 1. The Morgan fingerprint density at radius 2 is 2.23 bits per heavy atom. The maximum absolute atomic E-state index is 12.7. The Morgan fingerprint density at radius 1 is 1.54 bits per heavy atom. The minimum atomic E-state index is -0.625. The Bertz CT molecular complexity index is 293. The lowest BCUT2D eigenvalue weighted by Gasteiger charge is -2.11. The van der Waals surface area contributed by atoms with Gasteiger partial charge in [0, 0.05) is 4.47 Å². The molecule has 0 aliphatic rings. The standard InChI is InChI=1S/C9H11BrFNO/c10-8-5-6(11)1-2-7(8)9(13)3-4-12/h1-2,5,9,13H,3-4,12H2/t9-/m0/s1. The van der Waals surface area contributed by atoms with E-state index in [0.717, 1.165) is 0 Å². The minimum Gasteiger partial charge on any atom is -0.388 e. The van der Waals surface area contributed by atoms with E-state index < -0.39 is 6.10 Å². The second kappa shape index (κ2) is 4.69. The number of aliphatic hydroxyl groups is 1. The quantitative estimate of drug-likeness (QED) is 0.858. The Hall–Kier alpha value is -0.450. The predicted octanol–water partition coefficient (Wildman–Crippen LogP) is 1.97. The highest BCUT2D eigenvalue weighted by Crippen LogP contribution is 2.25. The highest BCUT2D eigenvalue weighted by molar-refractivity contribution is 9.10. The fourth-order valence-corrected chi connectivity index (χ4v) is 1.70. The fourth-order valence-electron chi connectivity index (χ4n) is 1.09. The monoisotopic (exact) mass is 247 g/mol. The van der Waals surface area contributed by atoms with Crippen molar-refractivity contribution in [2.75, 3.05) is 6.54 Å². The maximum atomic E-state index is 12.7. The molecule has 0 aliphatic heterocycles. The molecule has 0 radical (unpaired) electrons. The first-order valence-electron chi connectivity index (χ1n) is 3.98. The van der Waals surface area contributed by atoms with Gasteiger partial charge in [-0.2, -0.15) is 0 Å². The van der Waals surface area contributed by atoms with E-state index in [4.69, 9.17) is 5.73 Å². The van der Waals surface area contributed by atoms with E-state index in [9.17, 15) is 9.50 Å². The van der Waals surface area contributed by atoms with Gasteiger partial charge in [0.05, 0.1) is 6.10 Å². The van der Waals surface area contributed by atoms with Gasteiger partial charge in [0.25, 0.3) is 0 Å². The van der Waals surface area contributed by atoms with Crippen LogP contribution >= 0.6 is 15.9 Å². The van der Waals surface area contributed by atoms with Gasteiger partial charge in [-0.05, 0) is 30.7 Å². The van der Waals surface area contributed by atoms with Crippen LogP contribution in [0.15, 0.2) is 22.7 Å². The summed E-state index contributed by atoms with van der Waals surface area (Å²) < 4.78 is 13.2. The molecular weight excluding hydrogens is 237 g/mol. The molecule has 0 aliphatic carbocycles. The van der Waals surface area contributed by atoms with Gasteiger partial charge < -0.3 is 10.8 Å². The van der Waals surface area contributed by atoms with Crippen LogP contribution in [0.1, 0.15) is 18.1 Å². The smallest absolute Gasteiger partial charge is 0.124 e. The number of hydrogen-bond acceptors (Lipinski definition) is 2. The Kier molecular flexibility index (Phi) is 3.84. The van der Waals surface area contributed by atoms with Crippen molar-refractivity contribution in [3.05, 3.63) is 34.1 Å². The van der Waals surface area contributed by atoms with Crippen LogP contribution in [0.5, 0.6) is 0 Å².